The van der Waals surface area contributed by atoms with E-state index in [0.29, 0.717) is 30.1 Å². The Morgan fingerprint density at radius 1 is 1.23 bits per heavy atom. The van der Waals surface area contributed by atoms with Gasteiger partial charge < -0.3 is 24.8 Å². The summed E-state index contributed by atoms with van der Waals surface area (Å²) in [5.41, 5.74) is 1.81. The maximum atomic E-state index is 13.3. The highest BCUT2D eigenvalue weighted by molar-refractivity contribution is 5.92. The van der Waals surface area contributed by atoms with Gasteiger partial charge in [0, 0.05) is 42.2 Å². The van der Waals surface area contributed by atoms with Crippen LogP contribution in [-0.2, 0) is 4.79 Å². The number of benzene rings is 2. The second-order valence-electron chi connectivity index (χ2n) is 7.40. The zero-order valence-electron chi connectivity index (χ0n) is 17.1. The molecular formula is C22H23FN4O4. The molecule has 4 rings (SSSR count). The van der Waals surface area contributed by atoms with Crippen LogP contribution in [0, 0.1) is 5.82 Å². The van der Waals surface area contributed by atoms with Crippen molar-refractivity contribution < 1.29 is 23.2 Å². The van der Waals surface area contributed by atoms with E-state index in [9.17, 15) is 14.0 Å². The number of piperidine rings is 1. The van der Waals surface area contributed by atoms with Gasteiger partial charge in [-0.15, -0.1) is 0 Å². The molecule has 162 valence electrons. The van der Waals surface area contributed by atoms with Crippen molar-refractivity contribution in [2.75, 3.05) is 32.1 Å². The number of nitrogens with one attached hydrogen (secondary N) is 2. The van der Waals surface area contributed by atoms with Crippen LogP contribution in [0.25, 0.3) is 11.0 Å². The smallest absolute Gasteiger partial charge is 0.319 e. The first-order valence-corrected chi connectivity index (χ1v) is 10.0. The summed E-state index contributed by atoms with van der Waals surface area (Å²) in [5.74, 6) is 0.256. The second kappa shape index (κ2) is 9.03. The number of anilines is 1. The van der Waals surface area contributed by atoms with Crippen molar-refractivity contribution in [1.82, 2.24) is 15.4 Å². The van der Waals surface area contributed by atoms with Gasteiger partial charge in [0.05, 0.1) is 19.3 Å². The fourth-order valence-electron chi connectivity index (χ4n) is 3.77. The Bertz CT molecular complexity index is 1090. The summed E-state index contributed by atoms with van der Waals surface area (Å²) in [6, 6.07) is 10.9. The summed E-state index contributed by atoms with van der Waals surface area (Å²) in [4.78, 5) is 26.3. The van der Waals surface area contributed by atoms with E-state index in [1.54, 1.807) is 42.3 Å². The average Bonchev–Trinajstić information content (AvgIpc) is 3.20. The molecule has 1 aliphatic heterocycles. The molecule has 2 N–H and O–H groups in total. The number of rotatable bonds is 5. The normalized spacial score (nSPS) is 14.5. The highest BCUT2D eigenvalue weighted by Crippen LogP contribution is 2.32. The van der Waals surface area contributed by atoms with Gasteiger partial charge in [0.25, 0.3) is 0 Å². The van der Waals surface area contributed by atoms with E-state index in [0.717, 1.165) is 23.9 Å². The number of nitrogens with zero attached hydrogens (tertiary/aromatic N) is 2. The molecule has 9 heteroatoms. The summed E-state index contributed by atoms with van der Waals surface area (Å²) in [7, 11) is 1.55. The molecular weight excluding hydrogens is 403 g/mol. The van der Waals surface area contributed by atoms with Crippen LogP contribution in [0.4, 0.5) is 14.9 Å². The van der Waals surface area contributed by atoms with Gasteiger partial charge in [-0.25, -0.2) is 9.18 Å². The fraction of sp³-hybridized carbons (Fsp3) is 0.318. The first kappa shape index (κ1) is 20.6. The molecule has 2 heterocycles. The van der Waals surface area contributed by atoms with Gasteiger partial charge in [0.1, 0.15) is 11.6 Å². The molecule has 0 spiro atoms. The monoisotopic (exact) mass is 426 g/mol. The van der Waals surface area contributed by atoms with Crippen LogP contribution >= 0.6 is 0 Å². The Morgan fingerprint density at radius 3 is 2.81 bits per heavy atom. The van der Waals surface area contributed by atoms with Crippen LogP contribution in [0.2, 0.25) is 0 Å². The van der Waals surface area contributed by atoms with Crippen LogP contribution < -0.4 is 15.4 Å². The first-order chi connectivity index (χ1) is 15.0. The van der Waals surface area contributed by atoms with E-state index in [1.165, 1.54) is 12.1 Å². The third-order valence-corrected chi connectivity index (χ3v) is 5.42. The molecule has 0 saturated carbocycles. The molecule has 3 aromatic rings. The van der Waals surface area contributed by atoms with Crippen molar-refractivity contribution >= 4 is 28.6 Å². The van der Waals surface area contributed by atoms with Gasteiger partial charge in [0.2, 0.25) is 5.91 Å². The van der Waals surface area contributed by atoms with Gasteiger partial charge in [0.15, 0.2) is 5.58 Å². The third kappa shape index (κ3) is 4.76. The predicted octanol–water partition coefficient (Wildman–Crippen LogP) is 3.50. The molecule has 0 atom stereocenters. The van der Waals surface area contributed by atoms with Crippen LogP contribution in [0.3, 0.4) is 0 Å². The number of fused-ring (bicyclic) bond motifs is 1. The molecule has 1 aliphatic rings. The van der Waals surface area contributed by atoms with E-state index >= 15 is 0 Å². The molecule has 0 aliphatic carbocycles. The van der Waals surface area contributed by atoms with Crippen molar-refractivity contribution in [2.45, 2.75) is 18.8 Å². The molecule has 0 bridgehead atoms. The third-order valence-electron chi connectivity index (χ3n) is 5.42. The number of halogens is 1. The van der Waals surface area contributed by atoms with Gasteiger partial charge in [-0.2, -0.15) is 0 Å². The Hall–Kier alpha value is -3.62. The molecule has 0 unspecified atom stereocenters. The standard InChI is InChI=1S/C22H23FN4O4/c1-30-17-4-2-3-16(12-17)25-22(29)24-13-20(28)27-9-7-14(8-10-27)21-18-6-5-15(23)11-19(18)31-26-21/h2-6,11-12,14H,7-10,13H2,1H3,(H2,24,25,29). The van der Waals surface area contributed by atoms with Crippen LogP contribution in [-0.4, -0.2) is 48.7 Å². The van der Waals surface area contributed by atoms with Crippen LogP contribution in [0.15, 0.2) is 47.0 Å². The topological polar surface area (TPSA) is 96.7 Å². The SMILES string of the molecule is COc1cccc(NC(=O)NCC(=O)N2CCC(c3noc4cc(F)ccc34)CC2)c1. The summed E-state index contributed by atoms with van der Waals surface area (Å²) in [6.07, 6.45) is 1.45. The second-order valence-corrected chi connectivity index (χ2v) is 7.40. The van der Waals surface area contributed by atoms with Gasteiger partial charge in [-0.3, -0.25) is 4.79 Å². The van der Waals surface area contributed by atoms with Crippen molar-refractivity contribution in [1.29, 1.82) is 0 Å². The zero-order valence-corrected chi connectivity index (χ0v) is 17.1. The molecule has 1 fully saturated rings. The van der Waals surface area contributed by atoms with Crippen molar-refractivity contribution in [3.05, 3.63) is 54.0 Å². The van der Waals surface area contributed by atoms with Crippen molar-refractivity contribution in [3.8, 4) is 5.75 Å². The van der Waals surface area contributed by atoms with Gasteiger partial charge >= 0.3 is 6.03 Å². The predicted molar refractivity (Wildman–Crippen MR) is 113 cm³/mol. The first-order valence-electron chi connectivity index (χ1n) is 10.0. The van der Waals surface area contributed by atoms with Crippen LogP contribution in [0.1, 0.15) is 24.5 Å². The number of methoxy groups -OCH3 is 1. The number of likely N-dealkylation sites (tertiary alicyclic amines) is 1. The molecule has 1 aromatic heterocycles. The van der Waals surface area contributed by atoms with E-state index in [2.05, 4.69) is 15.8 Å². The van der Waals surface area contributed by atoms with Crippen molar-refractivity contribution in [2.24, 2.45) is 0 Å². The summed E-state index contributed by atoms with van der Waals surface area (Å²) in [6.45, 7) is 1.02. The van der Waals surface area contributed by atoms with E-state index in [-0.39, 0.29) is 24.2 Å². The molecule has 31 heavy (non-hydrogen) atoms. The number of urea groups is 1. The van der Waals surface area contributed by atoms with Gasteiger partial charge in [-0.05, 0) is 37.1 Å². The molecule has 3 amide bonds. The number of ether oxygens (including phenoxy) is 1. The van der Waals surface area contributed by atoms with E-state index in [4.69, 9.17) is 9.26 Å². The number of carbonyl (C=O) groups is 2. The zero-order chi connectivity index (χ0) is 21.8. The Labute approximate surface area is 178 Å². The highest BCUT2D eigenvalue weighted by atomic mass is 19.1. The summed E-state index contributed by atoms with van der Waals surface area (Å²) < 4.78 is 23.7. The molecule has 8 nitrogen and oxygen atoms in total. The maximum absolute atomic E-state index is 13.3. The average molecular weight is 426 g/mol. The minimum absolute atomic E-state index is 0.0906. The lowest BCUT2D eigenvalue weighted by Crippen LogP contribution is -2.44. The Morgan fingerprint density at radius 2 is 2.03 bits per heavy atom. The lowest BCUT2D eigenvalue weighted by molar-refractivity contribution is -0.131. The molecule has 1 saturated heterocycles. The summed E-state index contributed by atoms with van der Waals surface area (Å²) >= 11 is 0. The van der Waals surface area contributed by atoms with Crippen molar-refractivity contribution in [3.63, 3.8) is 0 Å². The van der Waals surface area contributed by atoms with E-state index < -0.39 is 6.03 Å². The highest BCUT2D eigenvalue weighted by Gasteiger charge is 2.27. The fourth-order valence-corrected chi connectivity index (χ4v) is 3.77. The largest absolute Gasteiger partial charge is 0.497 e. The minimum Gasteiger partial charge on any atom is -0.497 e. The number of carbonyl (C=O) groups excluding carboxylic acids is 2. The lowest BCUT2D eigenvalue weighted by atomic mass is 9.91. The molecule has 2 aromatic carbocycles. The number of amides is 3. The number of aromatic nitrogens is 1. The molecule has 0 radical (unpaired) electrons. The quantitative estimate of drug-likeness (QED) is 0.651. The van der Waals surface area contributed by atoms with Gasteiger partial charge in [-0.1, -0.05) is 11.2 Å². The summed E-state index contributed by atoms with van der Waals surface area (Å²) in [5, 5.41) is 10.2. The minimum atomic E-state index is -0.460. The number of hydrogen-bond acceptors (Lipinski definition) is 5. The van der Waals surface area contributed by atoms with Crippen LogP contribution in [0.5, 0.6) is 5.75 Å². The Balaban J connectivity index is 1.26. The maximum Gasteiger partial charge on any atom is 0.319 e. The number of hydrogen-bond donors (Lipinski definition) is 2. The Kier molecular flexibility index (Phi) is 6.01. The van der Waals surface area contributed by atoms with E-state index in [1.807, 2.05) is 0 Å². The lowest BCUT2D eigenvalue weighted by Gasteiger charge is -2.31.